The Kier molecular flexibility index (Phi) is 6.14. The summed E-state index contributed by atoms with van der Waals surface area (Å²) in [7, 11) is 0. The van der Waals surface area contributed by atoms with Crippen LogP contribution < -0.4 is 15.7 Å². The molecular weight excluding hydrogens is 480 g/mol. The number of halogens is 2. The zero-order valence-electron chi connectivity index (χ0n) is 18.4. The summed E-state index contributed by atoms with van der Waals surface area (Å²) in [5, 5.41) is 7.28. The third-order valence-corrected chi connectivity index (χ3v) is 6.35. The molecule has 0 radical (unpaired) electrons. The first-order valence-electron chi connectivity index (χ1n) is 10.6. The quantitative estimate of drug-likeness (QED) is 0.420. The molecular formula is C23H19F2N5O4S. The van der Waals surface area contributed by atoms with Gasteiger partial charge in [0.1, 0.15) is 12.1 Å². The molecule has 1 aliphatic heterocycles. The number of aromatic nitrogens is 4. The fourth-order valence-corrected chi connectivity index (χ4v) is 4.21. The fraction of sp³-hybridized carbons (Fsp3) is 0.217. The summed E-state index contributed by atoms with van der Waals surface area (Å²) in [6, 6.07) is 10.0. The van der Waals surface area contributed by atoms with Crippen molar-refractivity contribution in [2.45, 2.75) is 19.5 Å². The van der Waals surface area contributed by atoms with Crippen LogP contribution in [0.25, 0.3) is 5.69 Å². The molecule has 3 heterocycles. The molecule has 12 heteroatoms. The number of aryl methyl sites for hydroxylation is 1. The maximum absolute atomic E-state index is 14.8. The lowest BCUT2D eigenvalue weighted by molar-refractivity contribution is -0.00346. The number of benzene rings is 2. The first-order valence-corrected chi connectivity index (χ1v) is 11.4. The first kappa shape index (κ1) is 22.9. The van der Waals surface area contributed by atoms with E-state index in [0.29, 0.717) is 24.5 Å². The number of hydrogen-bond donors (Lipinski definition) is 1. The number of nitrogens with zero attached hydrogens (tertiary/aromatic N) is 4. The Morgan fingerprint density at radius 2 is 2.03 bits per heavy atom. The predicted octanol–water partition coefficient (Wildman–Crippen LogP) is 3.05. The van der Waals surface area contributed by atoms with Crippen molar-refractivity contribution in [3.05, 3.63) is 87.2 Å². The van der Waals surface area contributed by atoms with Crippen LogP contribution in [0.15, 0.2) is 53.6 Å². The Bertz CT molecular complexity index is 1460. The second-order valence-corrected chi connectivity index (χ2v) is 8.82. The van der Waals surface area contributed by atoms with Gasteiger partial charge in [-0.1, -0.05) is 29.5 Å². The van der Waals surface area contributed by atoms with Crippen LogP contribution in [0.1, 0.15) is 21.1 Å². The minimum absolute atomic E-state index is 0.0104. The van der Waals surface area contributed by atoms with E-state index in [1.54, 1.807) is 25.1 Å². The highest BCUT2D eigenvalue weighted by molar-refractivity contribution is 7.15. The summed E-state index contributed by atoms with van der Waals surface area (Å²) in [5.41, 5.74) is 0.401. The highest BCUT2D eigenvalue weighted by Crippen LogP contribution is 2.33. The van der Waals surface area contributed by atoms with E-state index in [-0.39, 0.29) is 40.0 Å². The molecule has 0 saturated carbocycles. The average Bonchev–Trinajstić information content (AvgIpc) is 3.36. The minimum Gasteiger partial charge on any atom is -0.442 e. The molecule has 1 aliphatic rings. The van der Waals surface area contributed by atoms with Crippen LogP contribution >= 0.6 is 11.3 Å². The Morgan fingerprint density at radius 1 is 1.23 bits per heavy atom. The highest BCUT2D eigenvalue weighted by Gasteiger charge is 2.24. The van der Waals surface area contributed by atoms with Crippen molar-refractivity contribution in [2.75, 3.05) is 13.2 Å². The number of carbonyl (C=O) groups excluding carboxylic acids is 1. The fourth-order valence-electron chi connectivity index (χ4n) is 3.37. The summed E-state index contributed by atoms with van der Waals surface area (Å²) in [6.07, 6.45) is 1.26. The first-order chi connectivity index (χ1) is 16.9. The van der Waals surface area contributed by atoms with Crippen LogP contribution in [0.4, 0.5) is 8.78 Å². The van der Waals surface area contributed by atoms with Crippen molar-refractivity contribution in [1.82, 2.24) is 24.6 Å². The smallest absolute Gasteiger partial charge is 0.350 e. The molecule has 1 fully saturated rings. The van der Waals surface area contributed by atoms with E-state index in [4.69, 9.17) is 9.47 Å². The Balaban J connectivity index is 1.32. The molecule has 5 rings (SSSR count). The third-order valence-electron chi connectivity index (χ3n) is 5.32. The van der Waals surface area contributed by atoms with Crippen molar-refractivity contribution in [1.29, 1.82) is 0 Å². The SMILES string of the molecule is Cc1nc(C(=O)NC2COC2)sc1Oc1ccc(-n2ncn(Cc3ccccc3F)c2=O)cc1F. The van der Waals surface area contributed by atoms with Crippen molar-refractivity contribution in [3.63, 3.8) is 0 Å². The molecule has 0 unspecified atom stereocenters. The minimum atomic E-state index is -0.733. The molecule has 0 bridgehead atoms. The zero-order valence-corrected chi connectivity index (χ0v) is 19.2. The molecule has 2 aromatic heterocycles. The van der Waals surface area contributed by atoms with E-state index in [1.807, 2.05) is 0 Å². The predicted molar refractivity (Wildman–Crippen MR) is 122 cm³/mol. The highest BCUT2D eigenvalue weighted by atomic mass is 32.1. The zero-order chi connectivity index (χ0) is 24.5. The van der Waals surface area contributed by atoms with E-state index in [2.05, 4.69) is 15.4 Å². The van der Waals surface area contributed by atoms with E-state index >= 15 is 0 Å². The third kappa shape index (κ3) is 4.70. The van der Waals surface area contributed by atoms with Gasteiger partial charge in [0.05, 0.1) is 37.2 Å². The van der Waals surface area contributed by atoms with Gasteiger partial charge in [-0.2, -0.15) is 9.78 Å². The van der Waals surface area contributed by atoms with Crippen molar-refractivity contribution >= 4 is 17.2 Å². The number of nitrogens with one attached hydrogen (secondary N) is 1. The molecule has 1 amide bonds. The van der Waals surface area contributed by atoms with Gasteiger partial charge < -0.3 is 14.8 Å². The normalized spacial score (nSPS) is 13.5. The number of amides is 1. The summed E-state index contributed by atoms with van der Waals surface area (Å²) in [5.74, 6) is -1.61. The number of thiazole rings is 1. The molecule has 180 valence electrons. The molecule has 2 aromatic carbocycles. The van der Waals surface area contributed by atoms with Crippen LogP contribution in [-0.4, -0.2) is 44.5 Å². The number of rotatable bonds is 7. The lowest BCUT2D eigenvalue weighted by Gasteiger charge is -2.26. The van der Waals surface area contributed by atoms with Crippen molar-refractivity contribution < 1.29 is 23.0 Å². The Morgan fingerprint density at radius 3 is 2.74 bits per heavy atom. The standard InChI is InChI=1S/C23H19F2N5O4S/c1-13-22(35-21(27-13)20(31)28-15-10-33-11-15)34-19-7-6-16(8-18(19)25)30-23(32)29(12-26-30)9-14-4-2-3-5-17(14)24/h2-8,12,15H,9-11H2,1H3,(H,28,31). The molecule has 0 atom stereocenters. The van der Waals surface area contributed by atoms with Gasteiger partial charge in [0.25, 0.3) is 5.91 Å². The maximum atomic E-state index is 14.8. The van der Waals surface area contributed by atoms with Gasteiger partial charge in [-0.3, -0.25) is 9.36 Å². The van der Waals surface area contributed by atoms with Gasteiger partial charge in [0.15, 0.2) is 16.6 Å². The Hall–Kier alpha value is -3.90. The second-order valence-electron chi connectivity index (χ2n) is 7.86. The molecule has 35 heavy (non-hydrogen) atoms. The lowest BCUT2D eigenvalue weighted by Crippen LogP contribution is -2.48. The lowest BCUT2D eigenvalue weighted by atomic mass is 10.2. The van der Waals surface area contributed by atoms with Gasteiger partial charge in [0, 0.05) is 11.6 Å². The maximum Gasteiger partial charge on any atom is 0.350 e. The molecule has 0 spiro atoms. The van der Waals surface area contributed by atoms with Gasteiger partial charge in [-0.05, 0) is 25.1 Å². The van der Waals surface area contributed by atoms with E-state index in [9.17, 15) is 18.4 Å². The number of carbonyl (C=O) groups is 1. The van der Waals surface area contributed by atoms with Gasteiger partial charge in [-0.25, -0.2) is 18.6 Å². The monoisotopic (exact) mass is 499 g/mol. The van der Waals surface area contributed by atoms with Crippen LogP contribution in [0, 0.1) is 18.6 Å². The second kappa shape index (κ2) is 9.39. The van der Waals surface area contributed by atoms with Crippen LogP contribution in [-0.2, 0) is 11.3 Å². The average molecular weight is 499 g/mol. The van der Waals surface area contributed by atoms with E-state index in [1.165, 1.54) is 29.1 Å². The van der Waals surface area contributed by atoms with Crippen LogP contribution in [0.5, 0.6) is 10.8 Å². The molecule has 1 saturated heterocycles. The Labute approximate surface area is 201 Å². The van der Waals surface area contributed by atoms with E-state index < -0.39 is 17.3 Å². The molecule has 4 aromatic rings. The summed E-state index contributed by atoms with van der Waals surface area (Å²) in [6.45, 7) is 2.57. The number of hydrogen-bond acceptors (Lipinski definition) is 7. The number of ether oxygens (including phenoxy) is 2. The summed E-state index contributed by atoms with van der Waals surface area (Å²) in [4.78, 5) is 29.2. The van der Waals surface area contributed by atoms with Crippen LogP contribution in [0.3, 0.4) is 0 Å². The van der Waals surface area contributed by atoms with Gasteiger partial charge in [0.2, 0.25) is 5.06 Å². The van der Waals surface area contributed by atoms with Crippen LogP contribution in [0.2, 0.25) is 0 Å². The van der Waals surface area contributed by atoms with Crippen molar-refractivity contribution in [2.24, 2.45) is 0 Å². The van der Waals surface area contributed by atoms with Gasteiger partial charge >= 0.3 is 5.69 Å². The molecule has 9 nitrogen and oxygen atoms in total. The van der Waals surface area contributed by atoms with Crippen molar-refractivity contribution in [3.8, 4) is 16.5 Å². The summed E-state index contributed by atoms with van der Waals surface area (Å²) < 4.78 is 41.7. The largest absolute Gasteiger partial charge is 0.442 e. The molecule has 1 N–H and O–H groups in total. The topological polar surface area (TPSA) is 100 Å². The molecule has 0 aliphatic carbocycles. The van der Waals surface area contributed by atoms with Gasteiger partial charge in [-0.15, -0.1) is 0 Å². The van der Waals surface area contributed by atoms with E-state index in [0.717, 1.165) is 22.1 Å². The summed E-state index contributed by atoms with van der Waals surface area (Å²) >= 11 is 1.00.